The molecule has 0 rings (SSSR count). The Balaban J connectivity index is 4.62. The van der Waals surface area contributed by atoms with Gasteiger partial charge in [0, 0.05) is 19.7 Å². The predicted octanol–water partition coefficient (Wildman–Crippen LogP) is 0.776. The summed E-state index contributed by atoms with van der Waals surface area (Å²) >= 11 is 4.93. The maximum atomic E-state index is 12.1. The van der Waals surface area contributed by atoms with Crippen molar-refractivity contribution in [1.82, 2.24) is 4.90 Å². The minimum Gasteiger partial charge on any atom is -0.396 e. The normalized spacial score (nSPS) is 12.6. The molecular weight excluding hydrogens is 224 g/mol. The van der Waals surface area contributed by atoms with Gasteiger partial charge in [-0.05, 0) is 19.3 Å². The van der Waals surface area contributed by atoms with Gasteiger partial charge in [0.2, 0.25) is 5.91 Å². The summed E-state index contributed by atoms with van der Waals surface area (Å²) in [6.07, 6.45) is 0.585. The van der Waals surface area contributed by atoms with Crippen molar-refractivity contribution in [2.75, 3.05) is 19.7 Å². The van der Waals surface area contributed by atoms with Crippen molar-refractivity contribution >= 4 is 23.1 Å². The van der Waals surface area contributed by atoms with Crippen LogP contribution in [-0.4, -0.2) is 40.6 Å². The van der Waals surface area contributed by atoms with Gasteiger partial charge in [-0.3, -0.25) is 4.79 Å². The van der Waals surface area contributed by atoms with Crippen LogP contribution in [0, 0.1) is 11.8 Å². The summed E-state index contributed by atoms with van der Waals surface area (Å²) in [6.45, 7) is 7.03. The van der Waals surface area contributed by atoms with Crippen molar-refractivity contribution in [1.29, 1.82) is 0 Å². The molecule has 94 valence electrons. The van der Waals surface area contributed by atoms with Crippen LogP contribution in [0.5, 0.6) is 0 Å². The molecule has 4 nitrogen and oxygen atoms in total. The quantitative estimate of drug-likeness (QED) is 0.651. The molecule has 0 aromatic heterocycles. The molecular formula is C11H22N2O2S. The van der Waals surface area contributed by atoms with Gasteiger partial charge in [0.1, 0.15) is 0 Å². The molecule has 0 saturated carbocycles. The van der Waals surface area contributed by atoms with Crippen LogP contribution in [0.25, 0.3) is 0 Å². The van der Waals surface area contributed by atoms with E-state index in [4.69, 9.17) is 23.1 Å². The molecule has 1 atom stereocenters. The third-order valence-electron chi connectivity index (χ3n) is 2.52. The number of carbonyl (C=O) groups excluding carboxylic acids is 1. The van der Waals surface area contributed by atoms with Gasteiger partial charge in [-0.25, -0.2) is 0 Å². The van der Waals surface area contributed by atoms with Crippen LogP contribution in [0.15, 0.2) is 0 Å². The maximum absolute atomic E-state index is 12.1. The van der Waals surface area contributed by atoms with Crippen molar-refractivity contribution < 1.29 is 9.90 Å². The van der Waals surface area contributed by atoms with Gasteiger partial charge in [-0.1, -0.05) is 26.1 Å². The Bertz CT molecular complexity index is 244. The molecule has 0 spiro atoms. The van der Waals surface area contributed by atoms with Crippen molar-refractivity contribution in [2.24, 2.45) is 17.6 Å². The van der Waals surface area contributed by atoms with Crippen LogP contribution in [-0.2, 0) is 4.79 Å². The summed E-state index contributed by atoms with van der Waals surface area (Å²) in [5.74, 6) is -0.319. The number of aliphatic hydroxyl groups excluding tert-OH is 1. The van der Waals surface area contributed by atoms with Crippen LogP contribution in [0.4, 0.5) is 0 Å². The maximum Gasteiger partial charge on any atom is 0.232 e. The average molecular weight is 246 g/mol. The standard InChI is InChI=1S/C11H22N2O2S/c1-4-13(6-5-7-14)11(15)9(8(2)3)10(12)16/h8-9,14H,4-7H2,1-3H3,(H2,12,16). The van der Waals surface area contributed by atoms with Crippen LogP contribution < -0.4 is 5.73 Å². The van der Waals surface area contributed by atoms with E-state index in [1.54, 1.807) is 4.90 Å². The molecule has 0 heterocycles. The Morgan fingerprint density at radius 2 is 2.06 bits per heavy atom. The number of rotatable bonds is 7. The largest absolute Gasteiger partial charge is 0.396 e. The lowest BCUT2D eigenvalue weighted by Crippen LogP contribution is -2.44. The van der Waals surface area contributed by atoms with E-state index < -0.39 is 5.92 Å². The third-order valence-corrected chi connectivity index (χ3v) is 2.77. The number of hydrogen-bond acceptors (Lipinski definition) is 3. The lowest BCUT2D eigenvalue weighted by atomic mass is 9.94. The van der Waals surface area contributed by atoms with Crippen molar-refractivity contribution in [3.63, 3.8) is 0 Å². The molecule has 0 aliphatic carbocycles. The number of thiocarbonyl (C=S) groups is 1. The fraction of sp³-hybridized carbons (Fsp3) is 0.818. The Kier molecular flexibility index (Phi) is 7.25. The van der Waals surface area contributed by atoms with Gasteiger partial charge in [-0.2, -0.15) is 0 Å². The number of nitrogens with two attached hydrogens (primary N) is 1. The van der Waals surface area contributed by atoms with E-state index in [1.807, 2.05) is 20.8 Å². The lowest BCUT2D eigenvalue weighted by Gasteiger charge is -2.27. The van der Waals surface area contributed by atoms with Crippen LogP contribution >= 0.6 is 12.2 Å². The first-order chi connectivity index (χ1) is 7.45. The van der Waals surface area contributed by atoms with E-state index >= 15 is 0 Å². The summed E-state index contributed by atoms with van der Waals surface area (Å²) < 4.78 is 0. The first-order valence-corrected chi connectivity index (χ1v) is 6.05. The zero-order valence-electron chi connectivity index (χ0n) is 10.3. The molecule has 0 aromatic rings. The molecule has 3 N–H and O–H groups in total. The molecule has 1 amide bonds. The molecule has 0 saturated heterocycles. The minimum atomic E-state index is -0.395. The van der Waals surface area contributed by atoms with E-state index in [0.29, 0.717) is 19.5 Å². The summed E-state index contributed by atoms with van der Waals surface area (Å²) in [4.78, 5) is 14.1. The second kappa shape index (κ2) is 7.57. The van der Waals surface area contributed by atoms with E-state index in [9.17, 15) is 4.79 Å². The number of carbonyl (C=O) groups is 1. The zero-order valence-corrected chi connectivity index (χ0v) is 11.1. The SMILES string of the molecule is CCN(CCCO)C(=O)C(C(N)=S)C(C)C. The number of nitrogens with zero attached hydrogens (tertiary/aromatic N) is 1. The van der Waals surface area contributed by atoms with Crippen LogP contribution in [0.2, 0.25) is 0 Å². The number of amides is 1. The predicted molar refractivity (Wildman–Crippen MR) is 69.1 cm³/mol. The average Bonchev–Trinajstić information content (AvgIpc) is 2.17. The molecule has 0 aliphatic heterocycles. The highest BCUT2D eigenvalue weighted by molar-refractivity contribution is 7.80. The molecule has 16 heavy (non-hydrogen) atoms. The minimum absolute atomic E-state index is 0.0292. The Labute approximate surface area is 103 Å². The fourth-order valence-corrected chi connectivity index (χ4v) is 1.99. The molecule has 0 aliphatic rings. The monoisotopic (exact) mass is 246 g/mol. The van der Waals surface area contributed by atoms with Crippen molar-refractivity contribution in [3.05, 3.63) is 0 Å². The number of aliphatic hydroxyl groups is 1. The lowest BCUT2D eigenvalue weighted by molar-refractivity contribution is -0.134. The van der Waals surface area contributed by atoms with E-state index in [1.165, 1.54) is 0 Å². The highest BCUT2D eigenvalue weighted by atomic mass is 32.1. The van der Waals surface area contributed by atoms with Gasteiger partial charge < -0.3 is 15.7 Å². The molecule has 0 radical (unpaired) electrons. The van der Waals surface area contributed by atoms with E-state index in [-0.39, 0.29) is 23.4 Å². The molecule has 1 unspecified atom stereocenters. The Morgan fingerprint density at radius 3 is 2.38 bits per heavy atom. The van der Waals surface area contributed by atoms with E-state index in [2.05, 4.69) is 0 Å². The molecule has 0 fully saturated rings. The smallest absolute Gasteiger partial charge is 0.232 e. The first-order valence-electron chi connectivity index (χ1n) is 5.64. The molecule has 0 aromatic carbocycles. The van der Waals surface area contributed by atoms with Crippen LogP contribution in [0.3, 0.4) is 0 Å². The summed E-state index contributed by atoms with van der Waals surface area (Å²) in [5, 5.41) is 8.76. The van der Waals surface area contributed by atoms with Crippen molar-refractivity contribution in [3.8, 4) is 0 Å². The summed E-state index contributed by atoms with van der Waals surface area (Å²) in [5.41, 5.74) is 5.59. The van der Waals surface area contributed by atoms with Crippen LogP contribution in [0.1, 0.15) is 27.2 Å². The fourth-order valence-electron chi connectivity index (χ4n) is 1.62. The van der Waals surface area contributed by atoms with Gasteiger partial charge >= 0.3 is 0 Å². The Hall–Kier alpha value is -0.680. The van der Waals surface area contributed by atoms with Gasteiger partial charge in [-0.15, -0.1) is 0 Å². The number of hydrogen-bond donors (Lipinski definition) is 2. The second-order valence-electron chi connectivity index (χ2n) is 4.12. The highest BCUT2D eigenvalue weighted by Gasteiger charge is 2.28. The third kappa shape index (κ3) is 4.45. The Morgan fingerprint density at radius 1 is 1.50 bits per heavy atom. The van der Waals surface area contributed by atoms with Gasteiger partial charge in [0.05, 0.1) is 10.9 Å². The highest BCUT2D eigenvalue weighted by Crippen LogP contribution is 2.15. The second-order valence-corrected chi connectivity index (χ2v) is 4.59. The van der Waals surface area contributed by atoms with Crippen molar-refractivity contribution in [2.45, 2.75) is 27.2 Å². The van der Waals surface area contributed by atoms with E-state index in [0.717, 1.165) is 0 Å². The summed E-state index contributed by atoms with van der Waals surface area (Å²) in [7, 11) is 0. The summed E-state index contributed by atoms with van der Waals surface area (Å²) in [6, 6.07) is 0. The zero-order chi connectivity index (χ0) is 12.7. The topological polar surface area (TPSA) is 66.6 Å². The van der Waals surface area contributed by atoms with Gasteiger partial charge in [0.25, 0.3) is 0 Å². The molecule has 5 heteroatoms. The molecule has 0 bridgehead atoms. The van der Waals surface area contributed by atoms with Gasteiger partial charge in [0.15, 0.2) is 0 Å². The first kappa shape index (κ1) is 15.3.